The first-order valence-electron chi connectivity index (χ1n) is 18.3. The summed E-state index contributed by atoms with van der Waals surface area (Å²) in [7, 11) is 1.93. The van der Waals surface area contributed by atoms with Crippen molar-refractivity contribution in [3.8, 4) is 0 Å². The monoisotopic (exact) mass is 690 g/mol. The molecule has 4 aromatic rings. The molecule has 0 atom stereocenters. The van der Waals surface area contributed by atoms with Gasteiger partial charge in [-0.15, -0.1) is 0 Å². The van der Waals surface area contributed by atoms with Crippen molar-refractivity contribution in [1.29, 1.82) is 0 Å². The molecule has 1 saturated heterocycles. The van der Waals surface area contributed by atoms with Crippen LogP contribution in [0, 0.1) is 5.82 Å². The predicted octanol–water partition coefficient (Wildman–Crippen LogP) is 8.89. The molecular formula is C42H51FN6O2. The predicted molar refractivity (Wildman–Crippen MR) is 207 cm³/mol. The van der Waals surface area contributed by atoms with Crippen LogP contribution in [0.4, 0.5) is 16.3 Å². The lowest BCUT2D eigenvalue weighted by atomic mass is 10.0. The number of halogens is 1. The van der Waals surface area contributed by atoms with Crippen LogP contribution >= 0.6 is 0 Å². The Balaban J connectivity index is 1.12. The zero-order chi connectivity index (χ0) is 35.8. The molecule has 9 heteroatoms. The van der Waals surface area contributed by atoms with Crippen LogP contribution in [0.2, 0.25) is 0 Å². The minimum atomic E-state index is -0.345. The minimum absolute atomic E-state index is 0.0997. The zero-order valence-electron chi connectivity index (χ0n) is 30.0. The van der Waals surface area contributed by atoms with Crippen molar-refractivity contribution in [2.75, 3.05) is 29.9 Å². The Morgan fingerprint density at radius 1 is 0.882 bits per heavy atom. The van der Waals surface area contributed by atoms with Gasteiger partial charge in [-0.05, 0) is 87.6 Å². The average Bonchev–Trinajstić information content (AvgIpc) is 3.51. The number of carbonyl (C=O) groups excluding carboxylic acids is 1. The fourth-order valence-corrected chi connectivity index (χ4v) is 6.48. The highest BCUT2D eigenvalue weighted by Gasteiger charge is 2.28. The molecule has 0 unspecified atom stereocenters. The molecule has 0 aliphatic carbocycles. The molecule has 0 spiro atoms. The number of hydrogen-bond acceptors (Lipinski definition) is 6. The third-order valence-corrected chi connectivity index (χ3v) is 9.31. The van der Waals surface area contributed by atoms with Gasteiger partial charge in [0.2, 0.25) is 17.8 Å². The summed E-state index contributed by atoms with van der Waals surface area (Å²) in [5.41, 5.74) is 2.61. The Bertz CT molecular complexity index is 1880. The van der Waals surface area contributed by atoms with Crippen LogP contribution in [0.1, 0.15) is 81.5 Å². The van der Waals surface area contributed by atoms with E-state index in [9.17, 15) is 14.0 Å². The number of piperidine rings is 1. The third-order valence-electron chi connectivity index (χ3n) is 9.31. The molecular weight excluding hydrogens is 640 g/mol. The Morgan fingerprint density at radius 2 is 1.55 bits per heavy atom. The number of imidazole rings is 1. The number of para-hydroxylation sites is 2. The second kappa shape index (κ2) is 19.4. The molecule has 1 aliphatic heterocycles. The lowest BCUT2D eigenvalue weighted by molar-refractivity contribution is 0.0895. The number of anilines is 2. The van der Waals surface area contributed by atoms with E-state index in [0.717, 1.165) is 87.0 Å². The van der Waals surface area contributed by atoms with E-state index in [4.69, 9.17) is 4.98 Å². The van der Waals surface area contributed by atoms with E-state index in [-0.39, 0.29) is 23.3 Å². The topological polar surface area (TPSA) is 76.3 Å². The smallest absolute Gasteiger partial charge is 0.261 e. The van der Waals surface area contributed by atoms with Crippen LogP contribution in [-0.2, 0) is 6.54 Å². The van der Waals surface area contributed by atoms with Crippen LogP contribution in [0.25, 0.3) is 11.0 Å². The maximum Gasteiger partial charge on any atom is 0.261 e. The average molecular weight is 691 g/mol. The number of benzene rings is 2. The van der Waals surface area contributed by atoms with E-state index < -0.39 is 0 Å². The molecule has 0 radical (unpaired) electrons. The third kappa shape index (κ3) is 10.5. The van der Waals surface area contributed by atoms with Crippen molar-refractivity contribution < 1.29 is 9.18 Å². The Morgan fingerprint density at radius 3 is 2.25 bits per heavy atom. The number of aromatic nitrogens is 4. The lowest BCUT2D eigenvalue weighted by Crippen LogP contribution is -2.46. The molecule has 0 N–H and O–H groups in total. The van der Waals surface area contributed by atoms with E-state index in [1.54, 1.807) is 0 Å². The van der Waals surface area contributed by atoms with Crippen molar-refractivity contribution in [3.63, 3.8) is 0 Å². The molecule has 2 aromatic carbocycles. The Kier molecular flexibility index (Phi) is 14.1. The molecule has 51 heavy (non-hydrogen) atoms. The quantitative estimate of drug-likeness (QED) is 0.0814. The van der Waals surface area contributed by atoms with E-state index in [1.165, 1.54) is 29.0 Å². The first-order valence-corrected chi connectivity index (χ1v) is 18.3. The fraction of sp³-hybridized carbons (Fsp3) is 0.381. The summed E-state index contributed by atoms with van der Waals surface area (Å²) in [5, 5.41) is 0. The highest BCUT2D eigenvalue weighted by atomic mass is 19.1. The minimum Gasteiger partial charge on any atom is -0.342 e. The summed E-state index contributed by atoms with van der Waals surface area (Å²) in [6.45, 7) is 4.23. The van der Waals surface area contributed by atoms with Gasteiger partial charge in [-0.1, -0.05) is 79.8 Å². The van der Waals surface area contributed by atoms with Crippen LogP contribution < -0.4 is 15.4 Å². The summed E-state index contributed by atoms with van der Waals surface area (Å²) in [5.74, 6) is 0.815. The molecule has 1 fully saturated rings. The van der Waals surface area contributed by atoms with E-state index in [1.807, 2.05) is 42.3 Å². The van der Waals surface area contributed by atoms with Crippen LogP contribution in [0.3, 0.4) is 0 Å². The van der Waals surface area contributed by atoms with Crippen LogP contribution in [-0.4, -0.2) is 51.2 Å². The highest BCUT2D eigenvalue weighted by molar-refractivity contribution is 5.81. The van der Waals surface area contributed by atoms with Gasteiger partial charge in [-0.3, -0.25) is 9.59 Å². The van der Waals surface area contributed by atoms with Crippen LogP contribution in [0.15, 0.2) is 114 Å². The van der Waals surface area contributed by atoms with Crippen molar-refractivity contribution in [2.45, 2.75) is 83.7 Å². The Labute approximate surface area is 301 Å². The van der Waals surface area contributed by atoms with Crippen molar-refractivity contribution in [3.05, 3.63) is 131 Å². The highest BCUT2D eigenvalue weighted by Crippen LogP contribution is 2.28. The van der Waals surface area contributed by atoms with E-state index in [0.29, 0.717) is 25.3 Å². The second-order valence-electron chi connectivity index (χ2n) is 13.0. The number of allylic oxidation sites excluding steroid dienone is 8. The van der Waals surface area contributed by atoms with Gasteiger partial charge >= 0.3 is 0 Å². The lowest BCUT2D eigenvalue weighted by Gasteiger charge is -2.38. The summed E-state index contributed by atoms with van der Waals surface area (Å²) < 4.78 is 17.1. The maximum absolute atomic E-state index is 13.6. The normalized spacial score (nSPS) is 14.3. The summed E-state index contributed by atoms with van der Waals surface area (Å²) in [6, 6.07) is 16.1. The summed E-state index contributed by atoms with van der Waals surface area (Å²) in [6.07, 6.45) is 27.3. The van der Waals surface area contributed by atoms with Gasteiger partial charge in [0.25, 0.3) is 5.56 Å². The number of carbonyl (C=O) groups is 1. The molecule has 0 bridgehead atoms. The summed E-state index contributed by atoms with van der Waals surface area (Å²) in [4.78, 5) is 40.1. The number of rotatable bonds is 17. The van der Waals surface area contributed by atoms with Crippen LogP contribution in [0.5, 0.6) is 0 Å². The number of hydrogen-bond donors (Lipinski definition) is 0. The van der Waals surface area contributed by atoms with Gasteiger partial charge in [0.1, 0.15) is 5.82 Å². The molecule has 268 valence electrons. The molecule has 5 rings (SSSR count). The maximum atomic E-state index is 13.6. The number of unbranched alkanes of at least 4 members (excludes halogenated alkanes) is 2. The van der Waals surface area contributed by atoms with Gasteiger partial charge in [0, 0.05) is 44.9 Å². The molecule has 2 aromatic heterocycles. The fourth-order valence-electron chi connectivity index (χ4n) is 6.48. The zero-order valence-corrected chi connectivity index (χ0v) is 30.0. The standard InChI is InChI=1S/C42H51FN6O2/c1-3-4-5-6-7-8-9-10-11-12-13-14-15-16-17-22-39(50)49-40(51)27-30-44-41(49)46(2)36-28-31-47(32-29-36)42-45-37-20-18-19-21-38(37)48(42)33-34-23-25-35(43)26-24-34/h4-5,7-8,10-11,13-14,18-21,23-27,30,36H,3,6,9,12,15-17,22,28-29,31-33H2,1-2H3. The van der Waals surface area contributed by atoms with Gasteiger partial charge in [-0.25, -0.2) is 18.9 Å². The SMILES string of the molecule is CCC=CCC=CCC=CCC=CCCCCC(=O)n1c(N(C)C2CCN(c3nc4ccccc4n3Cc3ccc(F)cc3)CC2)nccc1=O. The van der Waals surface area contributed by atoms with Crippen molar-refractivity contribution in [2.24, 2.45) is 0 Å². The largest absolute Gasteiger partial charge is 0.342 e. The Hall–Kier alpha value is -5.05. The number of fused-ring (bicyclic) bond motifs is 1. The summed E-state index contributed by atoms with van der Waals surface area (Å²) >= 11 is 0. The number of nitrogens with zero attached hydrogens (tertiary/aromatic N) is 6. The molecule has 0 amide bonds. The van der Waals surface area contributed by atoms with Gasteiger partial charge in [0.15, 0.2) is 0 Å². The van der Waals surface area contributed by atoms with Gasteiger partial charge < -0.3 is 14.4 Å². The molecule has 8 nitrogen and oxygen atoms in total. The molecule has 0 saturated carbocycles. The molecule has 3 heterocycles. The molecule has 1 aliphatic rings. The van der Waals surface area contributed by atoms with E-state index in [2.05, 4.69) is 76.0 Å². The van der Waals surface area contributed by atoms with Gasteiger partial charge in [-0.2, -0.15) is 0 Å². The van der Waals surface area contributed by atoms with E-state index >= 15 is 0 Å². The first kappa shape index (κ1) is 37.2. The van der Waals surface area contributed by atoms with Crippen molar-refractivity contribution >= 4 is 28.8 Å². The second-order valence-corrected chi connectivity index (χ2v) is 13.0. The van der Waals surface area contributed by atoms with Crippen molar-refractivity contribution in [1.82, 2.24) is 19.1 Å². The van der Waals surface area contributed by atoms with Gasteiger partial charge in [0.05, 0.1) is 17.6 Å². The first-order chi connectivity index (χ1) is 25.0.